The van der Waals surface area contributed by atoms with Crippen molar-refractivity contribution in [3.05, 3.63) is 60.2 Å². The zero-order chi connectivity index (χ0) is 13.9. The fraction of sp³-hybridized carbons (Fsp3) is 0.188. The van der Waals surface area contributed by atoms with Crippen LogP contribution in [-0.2, 0) is 13.2 Å². The highest BCUT2D eigenvalue weighted by Gasteiger charge is 2.10. The van der Waals surface area contributed by atoms with Gasteiger partial charge in [-0.3, -0.25) is 4.98 Å². The van der Waals surface area contributed by atoms with Crippen molar-refractivity contribution >= 4 is 16.6 Å². The third-order valence-corrected chi connectivity index (χ3v) is 3.32. The van der Waals surface area contributed by atoms with E-state index in [9.17, 15) is 5.11 Å². The molecule has 0 atom stereocenters. The second-order valence-corrected chi connectivity index (χ2v) is 4.80. The van der Waals surface area contributed by atoms with Crippen molar-refractivity contribution in [3.63, 3.8) is 0 Å². The maximum Gasteiger partial charge on any atom is 0.0952 e. The molecule has 3 aromatic rings. The number of aliphatic hydroxyl groups is 1. The number of aromatic nitrogens is 1. The Morgan fingerprint density at radius 1 is 1.25 bits per heavy atom. The molecule has 0 saturated heterocycles. The van der Waals surface area contributed by atoms with Crippen LogP contribution in [0.1, 0.15) is 11.3 Å². The lowest BCUT2D eigenvalue weighted by molar-refractivity contribution is 0.277. The summed E-state index contributed by atoms with van der Waals surface area (Å²) in [7, 11) is 2.02. The van der Waals surface area contributed by atoms with Crippen LogP contribution in [0.25, 0.3) is 10.9 Å². The molecule has 2 heterocycles. The van der Waals surface area contributed by atoms with E-state index in [0.29, 0.717) is 5.69 Å². The number of hydrogen-bond acceptors (Lipinski definition) is 4. The number of pyridine rings is 1. The van der Waals surface area contributed by atoms with Gasteiger partial charge < -0.3 is 14.4 Å². The van der Waals surface area contributed by atoms with Crippen LogP contribution in [0, 0.1) is 0 Å². The van der Waals surface area contributed by atoms with Gasteiger partial charge in [-0.15, -0.1) is 0 Å². The molecule has 0 amide bonds. The molecule has 0 unspecified atom stereocenters. The zero-order valence-corrected chi connectivity index (χ0v) is 11.3. The summed E-state index contributed by atoms with van der Waals surface area (Å²) in [5, 5.41) is 10.4. The summed E-state index contributed by atoms with van der Waals surface area (Å²) < 4.78 is 5.10. The molecule has 0 bridgehead atoms. The van der Waals surface area contributed by atoms with Crippen molar-refractivity contribution in [2.75, 3.05) is 11.9 Å². The number of hydrogen-bond donors (Lipinski definition) is 1. The van der Waals surface area contributed by atoms with Crippen molar-refractivity contribution in [1.82, 2.24) is 4.98 Å². The van der Waals surface area contributed by atoms with Crippen LogP contribution in [-0.4, -0.2) is 17.1 Å². The highest BCUT2D eigenvalue weighted by atomic mass is 16.3. The van der Waals surface area contributed by atoms with E-state index >= 15 is 0 Å². The summed E-state index contributed by atoms with van der Waals surface area (Å²) in [6.07, 6.45) is 3.42. The van der Waals surface area contributed by atoms with Crippen LogP contribution in [0.5, 0.6) is 0 Å². The number of fused-ring (bicyclic) bond motifs is 1. The van der Waals surface area contributed by atoms with E-state index in [4.69, 9.17) is 4.42 Å². The molecule has 20 heavy (non-hydrogen) atoms. The van der Waals surface area contributed by atoms with Crippen LogP contribution in [0.15, 0.2) is 53.3 Å². The number of rotatable bonds is 4. The Bertz CT molecular complexity index is 708. The van der Waals surface area contributed by atoms with Gasteiger partial charge in [-0.2, -0.15) is 0 Å². The Balaban J connectivity index is 2.04. The molecule has 0 aliphatic rings. The first-order chi connectivity index (χ1) is 9.78. The highest BCUT2D eigenvalue weighted by molar-refractivity contribution is 5.91. The van der Waals surface area contributed by atoms with E-state index in [1.54, 1.807) is 12.5 Å². The van der Waals surface area contributed by atoms with Crippen molar-refractivity contribution < 1.29 is 9.52 Å². The zero-order valence-electron chi connectivity index (χ0n) is 11.3. The smallest absolute Gasteiger partial charge is 0.0952 e. The molecule has 1 N–H and O–H groups in total. The number of anilines is 1. The third-order valence-electron chi connectivity index (χ3n) is 3.32. The molecule has 0 aliphatic carbocycles. The minimum Gasteiger partial charge on any atom is -0.472 e. The molecule has 0 fully saturated rings. The van der Waals surface area contributed by atoms with Gasteiger partial charge in [0.1, 0.15) is 0 Å². The summed E-state index contributed by atoms with van der Waals surface area (Å²) >= 11 is 0. The second kappa shape index (κ2) is 5.35. The molecule has 102 valence electrons. The quantitative estimate of drug-likeness (QED) is 0.790. The maximum atomic E-state index is 9.36. The SMILES string of the molecule is CN(Cc1ccoc1)c1cc(CO)nc2ccccc12. The normalized spacial score (nSPS) is 10.9. The number of aliphatic hydroxyl groups excluding tert-OH is 1. The summed E-state index contributed by atoms with van der Waals surface area (Å²) in [5.41, 5.74) is 3.74. The van der Waals surface area contributed by atoms with Crippen molar-refractivity contribution in [3.8, 4) is 0 Å². The number of nitrogens with zero attached hydrogens (tertiary/aromatic N) is 2. The van der Waals surface area contributed by atoms with Crippen LogP contribution in [0.3, 0.4) is 0 Å². The third kappa shape index (κ3) is 2.38. The Morgan fingerprint density at radius 3 is 2.85 bits per heavy atom. The minimum absolute atomic E-state index is 0.0582. The fourth-order valence-electron chi connectivity index (χ4n) is 2.35. The van der Waals surface area contributed by atoms with E-state index < -0.39 is 0 Å². The van der Waals surface area contributed by atoms with Gasteiger partial charge in [-0.25, -0.2) is 0 Å². The van der Waals surface area contributed by atoms with Gasteiger partial charge in [0.2, 0.25) is 0 Å². The number of benzene rings is 1. The predicted molar refractivity (Wildman–Crippen MR) is 78.5 cm³/mol. The first-order valence-corrected chi connectivity index (χ1v) is 6.49. The van der Waals surface area contributed by atoms with Gasteiger partial charge in [0.25, 0.3) is 0 Å². The minimum atomic E-state index is -0.0582. The molecule has 4 heteroatoms. The van der Waals surface area contributed by atoms with Gasteiger partial charge in [0.05, 0.1) is 30.3 Å². The van der Waals surface area contributed by atoms with Crippen molar-refractivity contribution in [1.29, 1.82) is 0 Å². The first kappa shape index (κ1) is 12.7. The largest absolute Gasteiger partial charge is 0.472 e. The molecule has 1 aromatic carbocycles. The monoisotopic (exact) mass is 268 g/mol. The van der Waals surface area contributed by atoms with E-state index in [0.717, 1.165) is 28.7 Å². The lowest BCUT2D eigenvalue weighted by Gasteiger charge is -2.21. The molecular formula is C16H16N2O2. The topological polar surface area (TPSA) is 49.5 Å². The summed E-state index contributed by atoms with van der Waals surface area (Å²) in [6.45, 7) is 0.687. The van der Waals surface area contributed by atoms with Gasteiger partial charge in [0, 0.05) is 30.2 Å². The van der Waals surface area contributed by atoms with Crippen LogP contribution >= 0.6 is 0 Å². The molecular weight excluding hydrogens is 252 g/mol. The maximum absolute atomic E-state index is 9.36. The summed E-state index contributed by atoms with van der Waals surface area (Å²) in [5.74, 6) is 0. The first-order valence-electron chi connectivity index (χ1n) is 6.49. The van der Waals surface area contributed by atoms with Crippen LogP contribution < -0.4 is 4.90 Å². The van der Waals surface area contributed by atoms with E-state index in [1.165, 1.54) is 0 Å². The Labute approximate surface area is 117 Å². The summed E-state index contributed by atoms with van der Waals surface area (Å²) in [4.78, 5) is 6.57. The second-order valence-electron chi connectivity index (χ2n) is 4.80. The van der Waals surface area contributed by atoms with Gasteiger partial charge >= 0.3 is 0 Å². The Hall–Kier alpha value is -2.33. The number of furan rings is 1. The number of para-hydroxylation sites is 1. The Morgan fingerprint density at radius 2 is 2.10 bits per heavy atom. The molecule has 2 aromatic heterocycles. The van der Waals surface area contributed by atoms with Crippen LogP contribution in [0.4, 0.5) is 5.69 Å². The average Bonchev–Trinajstić information content (AvgIpc) is 2.98. The highest BCUT2D eigenvalue weighted by Crippen LogP contribution is 2.27. The van der Waals surface area contributed by atoms with Crippen molar-refractivity contribution in [2.24, 2.45) is 0 Å². The average molecular weight is 268 g/mol. The molecule has 4 nitrogen and oxygen atoms in total. The lowest BCUT2D eigenvalue weighted by atomic mass is 10.1. The predicted octanol–water partition coefficient (Wildman–Crippen LogP) is 2.96. The van der Waals surface area contributed by atoms with Crippen molar-refractivity contribution in [2.45, 2.75) is 13.2 Å². The summed E-state index contributed by atoms with van der Waals surface area (Å²) in [6, 6.07) is 11.8. The van der Waals surface area contributed by atoms with E-state index in [2.05, 4.69) is 9.88 Å². The molecule has 3 rings (SSSR count). The van der Waals surface area contributed by atoms with Gasteiger partial charge in [0.15, 0.2) is 0 Å². The standard InChI is InChI=1S/C16H16N2O2/c1-18(9-12-6-7-20-11-12)16-8-13(10-19)17-15-5-3-2-4-14(15)16/h2-8,11,19H,9-10H2,1H3. The van der Waals surface area contributed by atoms with E-state index in [-0.39, 0.29) is 6.61 Å². The van der Waals surface area contributed by atoms with Crippen LogP contribution in [0.2, 0.25) is 0 Å². The van der Waals surface area contributed by atoms with Gasteiger partial charge in [-0.1, -0.05) is 18.2 Å². The van der Waals surface area contributed by atoms with E-state index in [1.807, 2.05) is 43.4 Å². The molecule has 0 saturated carbocycles. The fourth-order valence-corrected chi connectivity index (χ4v) is 2.35. The lowest BCUT2D eigenvalue weighted by Crippen LogP contribution is -2.17. The molecule has 0 radical (unpaired) electrons. The molecule has 0 spiro atoms. The Kier molecular flexibility index (Phi) is 3.39. The van der Waals surface area contributed by atoms with Gasteiger partial charge in [-0.05, 0) is 18.2 Å². The molecule has 0 aliphatic heterocycles.